The molecule has 1 N–H and O–H groups in total. The fourth-order valence-electron chi connectivity index (χ4n) is 6.24. The van der Waals surface area contributed by atoms with Gasteiger partial charge in [0.15, 0.2) is 0 Å². The van der Waals surface area contributed by atoms with Gasteiger partial charge in [0.2, 0.25) is 5.91 Å². The van der Waals surface area contributed by atoms with Crippen molar-refractivity contribution in [2.45, 2.75) is 55.4 Å². The molecule has 0 radical (unpaired) electrons. The molecule has 0 saturated heterocycles. The van der Waals surface area contributed by atoms with Crippen molar-refractivity contribution in [2.75, 3.05) is 25.6 Å². The third-order valence-electron chi connectivity index (χ3n) is 6.77. The molecule has 0 spiro atoms. The fourth-order valence-corrected chi connectivity index (χ4v) is 7.75. The summed E-state index contributed by atoms with van der Waals surface area (Å²) in [6, 6.07) is 3.17. The number of ether oxygens (including phenoxy) is 2. The van der Waals surface area contributed by atoms with E-state index in [1.54, 1.807) is 0 Å². The lowest BCUT2D eigenvalue weighted by molar-refractivity contribution is -0.137. The number of hydrogen-bond acceptors (Lipinski definition) is 3. The highest BCUT2D eigenvalue weighted by Crippen LogP contribution is 2.65. The molecule has 0 heterocycles. The van der Waals surface area contributed by atoms with Gasteiger partial charge in [-0.3, -0.25) is 4.79 Å². The summed E-state index contributed by atoms with van der Waals surface area (Å²) < 4.78 is 50.2. The Kier molecular flexibility index (Phi) is 5.85. The summed E-state index contributed by atoms with van der Waals surface area (Å²) in [4.78, 5) is 13.0. The molecule has 4 bridgehead atoms. The zero-order chi connectivity index (χ0) is 21.6. The third-order valence-corrected chi connectivity index (χ3v) is 7.70. The maximum Gasteiger partial charge on any atom is 0.416 e. The quantitative estimate of drug-likeness (QED) is 0.389. The summed E-state index contributed by atoms with van der Waals surface area (Å²) >= 11 is 3.94. The van der Waals surface area contributed by atoms with Crippen LogP contribution in [0.3, 0.4) is 0 Å². The lowest BCUT2D eigenvalue weighted by Crippen LogP contribution is -2.53. The molecule has 0 aromatic heterocycles. The summed E-state index contributed by atoms with van der Waals surface area (Å²) in [5.74, 6) is 1.25. The molecule has 1 aromatic rings. The molecule has 2 atom stereocenters. The SMILES string of the molecule is COCCOc1ccc(C(F)(F)F)cc1NC(=O)CC12CC3CC(CC(Br)(C3)C1)C2. The average molecular weight is 490 g/mol. The summed E-state index contributed by atoms with van der Waals surface area (Å²) in [6.45, 7) is 0.484. The molecule has 4 aliphatic rings. The van der Waals surface area contributed by atoms with Crippen LogP contribution in [0.1, 0.15) is 50.5 Å². The second kappa shape index (κ2) is 8.01. The zero-order valence-corrected chi connectivity index (χ0v) is 18.6. The molecule has 30 heavy (non-hydrogen) atoms. The van der Waals surface area contributed by atoms with E-state index in [2.05, 4.69) is 21.2 Å². The van der Waals surface area contributed by atoms with Gasteiger partial charge in [0.25, 0.3) is 0 Å². The molecule has 166 valence electrons. The van der Waals surface area contributed by atoms with Crippen molar-refractivity contribution in [3.05, 3.63) is 23.8 Å². The number of benzene rings is 1. The highest BCUT2D eigenvalue weighted by molar-refractivity contribution is 9.10. The monoisotopic (exact) mass is 489 g/mol. The van der Waals surface area contributed by atoms with E-state index in [1.807, 2.05) is 0 Å². The Labute approximate surface area is 183 Å². The van der Waals surface area contributed by atoms with Gasteiger partial charge in [0, 0.05) is 17.9 Å². The van der Waals surface area contributed by atoms with Gasteiger partial charge >= 0.3 is 6.18 Å². The zero-order valence-electron chi connectivity index (χ0n) is 17.0. The van der Waals surface area contributed by atoms with E-state index in [4.69, 9.17) is 9.47 Å². The Morgan fingerprint density at radius 3 is 2.50 bits per heavy atom. The molecular formula is C22H27BrF3NO3. The summed E-state index contributed by atoms with van der Waals surface area (Å²) in [6.07, 6.45) is 2.43. The van der Waals surface area contributed by atoms with Crippen molar-refractivity contribution >= 4 is 27.5 Å². The van der Waals surface area contributed by atoms with Crippen LogP contribution in [0.5, 0.6) is 5.75 Å². The highest BCUT2D eigenvalue weighted by atomic mass is 79.9. The minimum absolute atomic E-state index is 0.0592. The number of methoxy groups -OCH3 is 1. The second-order valence-corrected chi connectivity index (χ2v) is 11.1. The predicted molar refractivity (Wildman–Crippen MR) is 111 cm³/mol. The fraction of sp³-hybridized carbons (Fsp3) is 0.682. The van der Waals surface area contributed by atoms with Crippen LogP contribution in [0.2, 0.25) is 0 Å². The van der Waals surface area contributed by atoms with Crippen LogP contribution in [-0.4, -0.2) is 30.6 Å². The number of carbonyl (C=O) groups is 1. The Morgan fingerprint density at radius 2 is 1.90 bits per heavy atom. The van der Waals surface area contributed by atoms with Crippen molar-refractivity contribution in [1.29, 1.82) is 0 Å². The molecule has 2 unspecified atom stereocenters. The molecule has 1 amide bonds. The number of hydrogen-bond donors (Lipinski definition) is 1. The van der Waals surface area contributed by atoms with Crippen molar-refractivity contribution < 1.29 is 27.4 Å². The maximum atomic E-state index is 13.2. The van der Waals surface area contributed by atoms with Crippen LogP contribution in [0.15, 0.2) is 18.2 Å². The Bertz CT molecular complexity index is 799. The van der Waals surface area contributed by atoms with E-state index in [1.165, 1.54) is 19.6 Å². The van der Waals surface area contributed by atoms with Crippen LogP contribution in [0, 0.1) is 17.3 Å². The topological polar surface area (TPSA) is 47.6 Å². The van der Waals surface area contributed by atoms with Gasteiger partial charge in [-0.05, 0) is 74.0 Å². The molecule has 4 saturated carbocycles. The molecular weight excluding hydrogens is 463 g/mol. The number of carbonyl (C=O) groups excluding carboxylic acids is 1. The molecule has 4 fully saturated rings. The predicted octanol–water partition coefficient (Wildman–Crippen LogP) is 5.79. The van der Waals surface area contributed by atoms with Crippen LogP contribution in [-0.2, 0) is 15.7 Å². The minimum Gasteiger partial charge on any atom is -0.489 e. The lowest BCUT2D eigenvalue weighted by Gasteiger charge is -2.60. The van der Waals surface area contributed by atoms with Gasteiger partial charge in [0.05, 0.1) is 17.9 Å². The van der Waals surface area contributed by atoms with Crippen LogP contribution < -0.4 is 10.1 Å². The van der Waals surface area contributed by atoms with Crippen molar-refractivity contribution in [1.82, 2.24) is 0 Å². The van der Waals surface area contributed by atoms with E-state index in [9.17, 15) is 18.0 Å². The van der Waals surface area contributed by atoms with E-state index in [-0.39, 0.29) is 33.7 Å². The number of nitrogens with one attached hydrogen (secondary N) is 1. The van der Waals surface area contributed by atoms with Gasteiger partial charge in [-0.15, -0.1) is 0 Å². The summed E-state index contributed by atoms with van der Waals surface area (Å²) in [7, 11) is 1.51. The van der Waals surface area contributed by atoms with Gasteiger partial charge in [-0.2, -0.15) is 13.2 Å². The first-order chi connectivity index (χ1) is 14.1. The molecule has 0 aliphatic heterocycles. The van der Waals surface area contributed by atoms with Gasteiger partial charge in [-0.1, -0.05) is 15.9 Å². The lowest BCUT2D eigenvalue weighted by atomic mass is 9.48. The number of amides is 1. The number of alkyl halides is 4. The molecule has 5 rings (SSSR count). The van der Waals surface area contributed by atoms with E-state index >= 15 is 0 Å². The number of rotatable bonds is 7. The third kappa shape index (κ3) is 4.64. The Hall–Kier alpha value is -1.28. The molecule has 1 aromatic carbocycles. The van der Waals surface area contributed by atoms with Gasteiger partial charge in [0.1, 0.15) is 12.4 Å². The van der Waals surface area contributed by atoms with Crippen molar-refractivity contribution in [3.8, 4) is 5.75 Å². The largest absolute Gasteiger partial charge is 0.489 e. The van der Waals surface area contributed by atoms with E-state index in [0.29, 0.717) is 24.9 Å². The highest BCUT2D eigenvalue weighted by Gasteiger charge is 2.57. The maximum absolute atomic E-state index is 13.2. The van der Waals surface area contributed by atoms with Crippen LogP contribution in [0.4, 0.5) is 18.9 Å². The second-order valence-electron chi connectivity index (χ2n) is 9.39. The number of anilines is 1. The molecule has 8 heteroatoms. The summed E-state index contributed by atoms with van der Waals surface area (Å²) in [5.41, 5.74) is -0.813. The standard InChI is InChI=1S/C22H27BrF3NO3/c1-29-4-5-30-18-3-2-16(22(24,25)26)7-17(18)27-19(28)12-20-8-14-6-15(9-20)11-21(23,10-14)13-20/h2-3,7,14-15H,4-6,8-13H2,1H3,(H,27,28). The normalized spacial score (nSPS) is 32.3. The molecule has 4 nitrogen and oxygen atoms in total. The Morgan fingerprint density at radius 1 is 1.20 bits per heavy atom. The van der Waals surface area contributed by atoms with Gasteiger partial charge < -0.3 is 14.8 Å². The van der Waals surface area contributed by atoms with E-state index < -0.39 is 11.7 Å². The smallest absolute Gasteiger partial charge is 0.416 e. The Balaban J connectivity index is 1.50. The number of halogens is 4. The van der Waals surface area contributed by atoms with Crippen molar-refractivity contribution in [3.63, 3.8) is 0 Å². The van der Waals surface area contributed by atoms with E-state index in [0.717, 1.165) is 44.2 Å². The average Bonchev–Trinajstić information content (AvgIpc) is 2.59. The molecule has 4 aliphatic carbocycles. The summed E-state index contributed by atoms with van der Waals surface area (Å²) in [5, 5.41) is 2.72. The van der Waals surface area contributed by atoms with Crippen LogP contribution in [0.25, 0.3) is 0 Å². The minimum atomic E-state index is -4.49. The first kappa shape index (κ1) is 21.9. The van der Waals surface area contributed by atoms with Crippen molar-refractivity contribution in [2.24, 2.45) is 17.3 Å². The first-order valence-electron chi connectivity index (χ1n) is 10.4. The van der Waals surface area contributed by atoms with Gasteiger partial charge in [-0.25, -0.2) is 0 Å². The first-order valence-corrected chi connectivity index (χ1v) is 11.2. The van der Waals surface area contributed by atoms with Crippen LogP contribution >= 0.6 is 15.9 Å².